The summed E-state index contributed by atoms with van der Waals surface area (Å²) in [5.41, 5.74) is 0.974. The minimum absolute atomic E-state index is 0.482. The Morgan fingerprint density at radius 3 is 2.50 bits per heavy atom. The third-order valence-electron chi connectivity index (χ3n) is 2.31. The van der Waals surface area contributed by atoms with Crippen LogP contribution in [0.25, 0.3) is 0 Å². The standard InChI is InChI=1S/C13H12N2O3/c1-10(12-8-5-9-18-12)14-15(13(16)17)11-6-3-2-4-7-11/h2-9H,1H3,(H,16,17). The van der Waals surface area contributed by atoms with Gasteiger partial charge in [0.25, 0.3) is 0 Å². The molecule has 1 N–H and O–H groups in total. The zero-order valence-corrected chi connectivity index (χ0v) is 9.78. The minimum atomic E-state index is -1.15. The molecule has 1 heterocycles. The van der Waals surface area contributed by atoms with Crippen molar-refractivity contribution in [3.63, 3.8) is 0 Å². The highest BCUT2D eigenvalue weighted by molar-refractivity contribution is 5.99. The average Bonchev–Trinajstić information content (AvgIpc) is 2.90. The van der Waals surface area contributed by atoms with E-state index in [-0.39, 0.29) is 0 Å². The third-order valence-corrected chi connectivity index (χ3v) is 2.31. The molecule has 0 fully saturated rings. The number of benzene rings is 1. The van der Waals surface area contributed by atoms with Gasteiger partial charge in [-0.05, 0) is 31.2 Å². The molecule has 0 aliphatic rings. The predicted molar refractivity (Wildman–Crippen MR) is 67.9 cm³/mol. The van der Waals surface area contributed by atoms with Crippen LogP contribution in [-0.2, 0) is 0 Å². The fraction of sp³-hybridized carbons (Fsp3) is 0.0769. The topological polar surface area (TPSA) is 66.0 Å². The number of hydrogen-bond acceptors (Lipinski definition) is 3. The molecule has 92 valence electrons. The van der Waals surface area contributed by atoms with Gasteiger partial charge in [0.2, 0.25) is 0 Å². The Labute approximate surface area is 104 Å². The first kappa shape index (κ1) is 11.9. The van der Waals surface area contributed by atoms with E-state index in [1.165, 1.54) is 6.26 Å². The number of rotatable bonds is 3. The molecule has 0 aliphatic heterocycles. The second kappa shape index (κ2) is 5.18. The Morgan fingerprint density at radius 1 is 1.22 bits per heavy atom. The smallest absolute Gasteiger partial charge is 0.432 e. The zero-order chi connectivity index (χ0) is 13.0. The number of carbonyl (C=O) groups is 1. The number of carboxylic acid groups (broad SMARTS) is 1. The summed E-state index contributed by atoms with van der Waals surface area (Å²) in [6.07, 6.45) is 0.370. The zero-order valence-electron chi connectivity index (χ0n) is 9.78. The quantitative estimate of drug-likeness (QED) is 0.666. The van der Waals surface area contributed by atoms with E-state index in [4.69, 9.17) is 9.52 Å². The Hall–Kier alpha value is -2.56. The lowest BCUT2D eigenvalue weighted by molar-refractivity contribution is 0.202. The van der Waals surface area contributed by atoms with Crippen LogP contribution in [-0.4, -0.2) is 16.9 Å². The van der Waals surface area contributed by atoms with Gasteiger partial charge < -0.3 is 9.52 Å². The molecular weight excluding hydrogens is 232 g/mol. The molecule has 2 aromatic rings. The Bertz CT molecular complexity index is 547. The van der Waals surface area contributed by atoms with Crippen LogP contribution in [0.2, 0.25) is 0 Å². The molecule has 0 saturated carbocycles. The summed E-state index contributed by atoms with van der Waals surface area (Å²) in [5, 5.41) is 14.1. The summed E-state index contributed by atoms with van der Waals surface area (Å²) in [7, 11) is 0. The lowest BCUT2D eigenvalue weighted by atomic mass is 10.3. The number of furan rings is 1. The normalized spacial score (nSPS) is 11.3. The van der Waals surface area contributed by atoms with Gasteiger partial charge in [-0.25, -0.2) is 4.79 Å². The minimum Gasteiger partial charge on any atom is -0.463 e. The highest BCUT2D eigenvalue weighted by Gasteiger charge is 2.14. The second-order valence-electron chi connectivity index (χ2n) is 3.59. The number of para-hydroxylation sites is 1. The fourth-order valence-electron chi connectivity index (χ4n) is 1.46. The van der Waals surface area contributed by atoms with E-state index in [0.29, 0.717) is 17.2 Å². The number of amides is 1. The summed E-state index contributed by atoms with van der Waals surface area (Å²) in [6.45, 7) is 1.69. The van der Waals surface area contributed by atoms with E-state index >= 15 is 0 Å². The van der Waals surface area contributed by atoms with Gasteiger partial charge in [0.1, 0.15) is 11.5 Å². The molecule has 0 saturated heterocycles. The van der Waals surface area contributed by atoms with Crippen molar-refractivity contribution in [2.45, 2.75) is 6.92 Å². The van der Waals surface area contributed by atoms with Crippen molar-refractivity contribution in [2.75, 3.05) is 5.01 Å². The van der Waals surface area contributed by atoms with Crippen LogP contribution in [0.15, 0.2) is 58.2 Å². The maximum absolute atomic E-state index is 11.2. The molecular formula is C13H12N2O3. The largest absolute Gasteiger partial charge is 0.463 e. The van der Waals surface area contributed by atoms with Crippen molar-refractivity contribution in [2.24, 2.45) is 5.10 Å². The van der Waals surface area contributed by atoms with Crippen LogP contribution in [0.3, 0.4) is 0 Å². The van der Waals surface area contributed by atoms with E-state index in [2.05, 4.69) is 5.10 Å². The molecule has 1 amide bonds. The number of hydrazone groups is 1. The highest BCUT2D eigenvalue weighted by Crippen LogP contribution is 2.15. The Balaban J connectivity index is 2.33. The molecule has 5 nitrogen and oxygen atoms in total. The van der Waals surface area contributed by atoms with Crippen molar-refractivity contribution in [1.82, 2.24) is 0 Å². The summed E-state index contributed by atoms with van der Waals surface area (Å²) >= 11 is 0. The summed E-state index contributed by atoms with van der Waals surface area (Å²) in [6, 6.07) is 12.1. The van der Waals surface area contributed by atoms with Crippen molar-refractivity contribution >= 4 is 17.5 Å². The third kappa shape index (κ3) is 2.57. The van der Waals surface area contributed by atoms with E-state index in [1.54, 1.807) is 43.3 Å². The second-order valence-corrected chi connectivity index (χ2v) is 3.59. The van der Waals surface area contributed by atoms with Gasteiger partial charge in [-0.3, -0.25) is 0 Å². The summed E-state index contributed by atoms with van der Waals surface area (Å²) in [4.78, 5) is 11.2. The van der Waals surface area contributed by atoms with Gasteiger partial charge in [0.15, 0.2) is 0 Å². The fourth-order valence-corrected chi connectivity index (χ4v) is 1.46. The van der Waals surface area contributed by atoms with Crippen LogP contribution < -0.4 is 5.01 Å². The molecule has 0 aliphatic carbocycles. The van der Waals surface area contributed by atoms with Gasteiger partial charge >= 0.3 is 6.09 Å². The van der Waals surface area contributed by atoms with Crippen LogP contribution in [0.4, 0.5) is 10.5 Å². The maximum Gasteiger partial charge on any atom is 0.432 e. The van der Waals surface area contributed by atoms with E-state index in [0.717, 1.165) is 5.01 Å². The van der Waals surface area contributed by atoms with Crippen LogP contribution in [0, 0.1) is 0 Å². The molecule has 1 aromatic carbocycles. The average molecular weight is 244 g/mol. The van der Waals surface area contributed by atoms with Gasteiger partial charge in [0, 0.05) is 0 Å². The molecule has 5 heteroatoms. The van der Waals surface area contributed by atoms with Crippen LogP contribution in [0.5, 0.6) is 0 Å². The van der Waals surface area contributed by atoms with E-state index in [1.807, 2.05) is 6.07 Å². The summed E-state index contributed by atoms with van der Waals surface area (Å²) in [5.74, 6) is 0.539. The molecule has 0 bridgehead atoms. The first-order chi connectivity index (χ1) is 8.68. The molecule has 0 atom stereocenters. The molecule has 0 unspecified atom stereocenters. The molecule has 2 rings (SSSR count). The van der Waals surface area contributed by atoms with Gasteiger partial charge in [-0.2, -0.15) is 10.1 Å². The molecule has 0 spiro atoms. The summed E-state index contributed by atoms with van der Waals surface area (Å²) < 4.78 is 5.16. The lowest BCUT2D eigenvalue weighted by Crippen LogP contribution is -2.24. The number of anilines is 1. The van der Waals surface area contributed by atoms with Crippen molar-refractivity contribution < 1.29 is 14.3 Å². The Morgan fingerprint density at radius 2 is 1.94 bits per heavy atom. The van der Waals surface area contributed by atoms with E-state index in [9.17, 15) is 4.79 Å². The van der Waals surface area contributed by atoms with E-state index < -0.39 is 6.09 Å². The first-order valence-corrected chi connectivity index (χ1v) is 5.35. The van der Waals surface area contributed by atoms with Crippen LogP contribution in [0.1, 0.15) is 12.7 Å². The van der Waals surface area contributed by atoms with Crippen molar-refractivity contribution in [1.29, 1.82) is 0 Å². The number of nitrogens with zero attached hydrogens (tertiary/aromatic N) is 2. The Kier molecular flexibility index (Phi) is 3.43. The predicted octanol–water partition coefficient (Wildman–Crippen LogP) is 3.19. The highest BCUT2D eigenvalue weighted by atomic mass is 16.4. The molecule has 1 aromatic heterocycles. The van der Waals surface area contributed by atoms with Crippen LogP contribution >= 0.6 is 0 Å². The number of hydrogen-bond donors (Lipinski definition) is 1. The van der Waals surface area contributed by atoms with Gasteiger partial charge in [-0.1, -0.05) is 18.2 Å². The monoisotopic (exact) mass is 244 g/mol. The SMILES string of the molecule is CC(=NN(C(=O)O)c1ccccc1)c1ccco1. The maximum atomic E-state index is 11.2. The first-order valence-electron chi connectivity index (χ1n) is 5.35. The van der Waals surface area contributed by atoms with Crippen molar-refractivity contribution in [3.05, 3.63) is 54.5 Å². The molecule has 18 heavy (non-hydrogen) atoms. The van der Waals surface area contributed by atoms with Gasteiger partial charge in [0.05, 0.1) is 12.0 Å². The molecule has 0 radical (unpaired) electrons. The van der Waals surface area contributed by atoms with Gasteiger partial charge in [-0.15, -0.1) is 0 Å². The lowest BCUT2D eigenvalue weighted by Gasteiger charge is -2.13. The van der Waals surface area contributed by atoms with Crippen molar-refractivity contribution in [3.8, 4) is 0 Å².